The van der Waals surface area contributed by atoms with Gasteiger partial charge in [-0.25, -0.2) is 4.98 Å². The summed E-state index contributed by atoms with van der Waals surface area (Å²) in [4.78, 5) is 20.2. The maximum Gasteiger partial charge on any atom is 0.228 e. The second kappa shape index (κ2) is 6.45. The molecule has 1 aliphatic heterocycles. The predicted molar refractivity (Wildman–Crippen MR) is 77.0 cm³/mol. The Balaban J connectivity index is 1.92. The minimum absolute atomic E-state index is 0.0990. The molecule has 1 aromatic heterocycles. The maximum atomic E-state index is 11.6. The first-order chi connectivity index (χ1) is 9.10. The lowest BCUT2D eigenvalue weighted by molar-refractivity contribution is -0.127. The van der Waals surface area contributed by atoms with Gasteiger partial charge in [0.1, 0.15) is 5.01 Å². The van der Waals surface area contributed by atoms with Gasteiger partial charge in [-0.3, -0.25) is 9.69 Å². The van der Waals surface area contributed by atoms with Gasteiger partial charge in [-0.15, -0.1) is 11.3 Å². The number of rotatable bonds is 5. The zero-order chi connectivity index (χ0) is 13.8. The van der Waals surface area contributed by atoms with Crippen LogP contribution in [0.15, 0.2) is 5.38 Å². The molecule has 0 spiro atoms. The van der Waals surface area contributed by atoms with Crippen LogP contribution in [0, 0.1) is 0 Å². The summed E-state index contributed by atoms with van der Waals surface area (Å²) < 4.78 is 0. The normalized spacial score (nSPS) is 19.8. The number of likely N-dealkylation sites (tertiary alicyclic amines) is 1. The topological polar surface area (TPSA) is 62.5 Å². The Bertz CT molecular complexity index is 432. The highest BCUT2D eigenvalue weighted by molar-refractivity contribution is 7.09. The first-order valence-electron chi connectivity index (χ1n) is 6.67. The Kier molecular flexibility index (Phi) is 4.90. The quantitative estimate of drug-likeness (QED) is 0.863. The molecule has 0 aromatic carbocycles. The standard InChI is InChI=1S/C13H22N4OS/c1-16(2)13(18)6-12-15-10(9-19-12)8-17-5-3-4-11(17)7-14/h9,11H,3-8,14H2,1-2H3. The van der Waals surface area contributed by atoms with Crippen LogP contribution in [-0.4, -0.2) is 53.9 Å². The molecule has 0 aliphatic carbocycles. The lowest BCUT2D eigenvalue weighted by atomic mass is 10.2. The highest BCUT2D eigenvalue weighted by Crippen LogP contribution is 2.20. The van der Waals surface area contributed by atoms with Gasteiger partial charge in [0.15, 0.2) is 0 Å². The van der Waals surface area contributed by atoms with Crippen molar-refractivity contribution in [2.24, 2.45) is 5.73 Å². The van der Waals surface area contributed by atoms with Gasteiger partial charge in [-0.2, -0.15) is 0 Å². The number of nitrogens with two attached hydrogens (primary N) is 1. The molecule has 0 radical (unpaired) electrons. The molecule has 0 bridgehead atoms. The van der Waals surface area contributed by atoms with Crippen LogP contribution < -0.4 is 5.73 Å². The van der Waals surface area contributed by atoms with Gasteiger partial charge in [0.25, 0.3) is 0 Å². The smallest absolute Gasteiger partial charge is 0.228 e. The molecule has 106 valence electrons. The molecule has 2 rings (SSSR count). The van der Waals surface area contributed by atoms with Gasteiger partial charge < -0.3 is 10.6 Å². The van der Waals surface area contributed by atoms with Gasteiger partial charge >= 0.3 is 0 Å². The molecule has 2 heterocycles. The van der Waals surface area contributed by atoms with Gasteiger partial charge in [0, 0.05) is 38.6 Å². The molecule has 1 atom stereocenters. The van der Waals surface area contributed by atoms with E-state index in [0.717, 1.165) is 30.3 Å². The van der Waals surface area contributed by atoms with Crippen molar-refractivity contribution in [3.05, 3.63) is 16.1 Å². The third-order valence-corrected chi connectivity index (χ3v) is 4.43. The van der Waals surface area contributed by atoms with E-state index in [0.29, 0.717) is 12.5 Å². The van der Waals surface area contributed by atoms with Crippen molar-refractivity contribution in [3.63, 3.8) is 0 Å². The molecular weight excluding hydrogens is 260 g/mol. The number of carbonyl (C=O) groups is 1. The predicted octanol–water partition coefficient (Wildman–Crippen LogP) is 0.697. The molecule has 1 unspecified atom stereocenters. The Morgan fingerprint density at radius 3 is 3.11 bits per heavy atom. The van der Waals surface area contributed by atoms with E-state index in [1.54, 1.807) is 30.3 Å². The van der Waals surface area contributed by atoms with Gasteiger partial charge in [0.2, 0.25) is 5.91 Å². The number of aromatic nitrogens is 1. The monoisotopic (exact) mass is 282 g/mol. The molecule has 6 heteroatoms. The highest BCUT2D eigenvalue weighted by atomic mass is 32.1. The number of hydrogen-bond donors (Lipinski definition) is 1. The van der Waals surface area contributed by atoms with Crippen molar-refractivity contribution in [1.29, 1.82) is 0 Å². The van der Waals surface area contributed by atoms with Crippen molar-refractivity contribution in [3.8, 4) is 0 Å². The van der Waals surface area contributed by atoms with E-state index in [1.807, 2.05) is 0 Å². The average Bonchev–Trinajstić information content (AvgIpc) is 2.99. The first kappa shape index (κ1) is 14.4. The summed E-state index contributed by atoms with van der Waals surface area (Å²) in [6.45, 7) is 2.68. The number of amides is 1. The van der Waals surface area contributed by atoms with E-state index in [-0.39, 0.29) is 5.91 Å². The van der Waals surface area contributed by atoms with Crippen molar-refractivity contribution in [2.75, 3.05) is 27.2 Å². The number of thiazole rings is 1. The third kappa shape index (κ3) is 3.75. The molecule has 1 amide bonds. The second-order valence-electron chi connectivity index (χ2n) is 5.20. The molecule has 1 saturated heterocycles. The van der Waals surface area contributed by atoms with E-state index < -0.39 is 0 Å². The summed E-state index contributed by atoms with van der Waals surface area (Å²) >= 11 is 1.57. The van der Waals surface area contributed by atoms with Gasteiger partial charge in [-0.1, -0.05) is 0 Å². The van der Waals surface area contributed by atoms with Crippen LogP contribution in [0.5, 0.6) is 0 Å². The maximum absolute atomic E-state index is 11.6. The molecule has 0 saturated carbocycles. The Labute approximate surface area is 118 Å². The Morgan fingerprint density at radius 1 is 1.63 bits per heavy atom. The van der Waals surface area contributed by atoms with Crippen LogP contribution in [-0.2, 0) is 17.8 Å². The van der Waals surface area contributed by atoms with E-state index in [2.05, 4.69) is 15.3 Å². The van der Waals surface area contributed by atoms with Crippen LogP contribution in [0.1, 0.15) is 23.5 Å². The molecule has 1 aliphatic rings. The SMILES string of the molecule is CN(C)C(=O)Cc1nc(CN2CCCC2CN)cs1. The molecule has 19 heavy (non-hydrogen) atoms. The summed E-state index contributed by atoms with van der Waals surface area (Å²) in [6, 6.07) is 0.494. The van der Waals surface area contributed by atoms with Gasteiger partial charge in [-0.05, 0) is 19.4 Å². The molecule has 1 fully saturated rings. The van der Waals surface area contributed by atoms with Crippen molar-refractivity contribution in [2.45, 2.75) is 31.8 Å². The van der Waals surface area contributed by atoms with Crippen molar-refractivity contribution < 1.29 is 4.79 Å². The summed E-state index contributed by atoms with van der Waals surface area (Å²) in [7, 11) is 3.54. The Morgan fingerprint density at radius 2 is 2.42 bits per heavy atom. The zero-order valence-corrected chi connectivity index (χ0v) is 12.4. The highest BCUT2D eigenvalue weighted by Gasteiger charge is 2.23. The van der Waals surface area contributed by atoms with Crippen LogP contribution in [0.4, 0.5) is 0 Å². The van der Waals surface area contributed by atoms with Gasteiger partial charge in [0.05, 0.1) is 12.1 Å². The van der Waals surface area contributed by atoms with E-state index in [4.69, 9.17) is 5.73 Å². The fourth-order valence-corrected chi connectivity index (χ4v) is 3.14. The summed E-state index contributed by atoms with van der Waals surface area (Å²) in [5.74, 6) is 0.0990. The number of likely N-dealkylation sites (N-methyl/N-ethyl adjacent to an activating group) is 1. The third-order valence-electron chi connectivity index (χ3n) is 3.54. The second-order valence-corrected chi connectivity index (χ2v) is 6.14. The zero-order valence-electron chi connectivity index (χ0n) is 11.6. The Hall–Kier alpha value is -0.980. The minimum atomic E-state index is 0.0990. The minimum Gasteiger partial charge on any atom is -0.348 e. The molecule has 5 nitrogen and oxygen atoms in total. The molecule has 1 aromatic rings. The summed E-state index contributed by atoms with van der Waals surface area (Å²) in [5.41, 5.74) is 6.83. The van der Waals surface area contributed by atoms with Crippen molar-refractivity contribution in [1.82, 2.24) is 14.8 Å². The van der Waals surface area contributed by atoms with Crippen LogP contribution in [0.2, 0.25) is 0 Å². The fraction of sp³-hybridized carbons (Fsp3) is 0.692. The van der Waals surface area contributed by atoms with E-state index in [1.165, 1.54) is 12.8 Å². The van der Waals surface area contributed by atoms with E-state index >= 15 is 0 Å². The largest absolute Gasteiger partial charge is 0.348 e. The molecular formula is C13H22N4OS. The fourth-order valence-electron chi connectivity index (χ4n) is 2.37. The summed E-state index contributed by atoms with van der Waals surface area (Å²) in [5, 5.41) is 2.96. The number of hydrogen-bond acceptors (Lipinski definition) is 5. The van der Waals surface area contributed by atoms with E-state index in [9.17, 15) is 4.79 Å². The van der Waals surface area contributed by atoms with Crippen LogP contribution >= 0.6 is 11.3 Å². The number of carbonyl (C=O) groups excluding carboxylic acids is 1. The first-order valence-corrected chi connectivity index (χ1v) is 7.55. The summed E-state index contributed by atoms with van der Waals surface area (Å²) in [6.07, 6.45) is 2.81. The average molecular weight is 282 g/mol. The lowest BCUT2D eigenvalue weighted by Gasteiger charge is -2.21. The van der Waals surface area contributed by atoms with Crippen molar-refractivity contribution >= 4 is 17.2 Å². The lowest BCUT2D eigenvalue weighted by Crippen LogP contribution is -2.34. The van der Waals surface area contributed by atoms with Crippen LogP contribution in [0.25, 0.3) is 0 Å². The van der Waals surface area contributed by atoms with Crippen LogP contribution in [0.3, 0.4) is 0 Å². The number of nitrogens with zero attached hydrogens (tertiary/aromatic N) is 3. The molecule has 2 N–H and O–H groups in total.